The smallest absolute Gasteiger partial charge is 0.297 e. The van der Waals surface area contributed by atoms with Gasteiger partial charge in [-0.2, -0.15) is 0 Å². The van der Waals surface area contributed by atoms with E-state index in [2.05, 4.69) is 26.3 Å². The molecule has 4 aromatic rings. The van der Waals surface area contributed by atoms with Crippen molar-refractivity contribution in [1.82, 2.24) is 19.1 Å². The van der Waals surface area contributed by atoms with Crippen LogP contribution in [0.4, 0.5) is 9.59 Å². The van der Waals surface area contributed by atoms with Crippen LogP contribution >= 0.6 is 0 Å². The Balaban J connectivity index is 1.42. The van der Waals surface area contributed by atoms with Crippen LogP contribution in [-0.4, -0.2) is 42.7 Å². The molecule has 0 atom stereocenters. The van der Waals surface area contributed by atoms with Crippen LogP contribution in [0.15, 0.2) is 96.3 Å². The predicted octanol–water partition coefficient (Wildman–Crippen LogP) is 6.91. The monoisotopic (exact) mass is 552 g/mol. The number of nitrogens with zero attached hydrogens (tertiary/aromatic N) is 6. The molecule has 210 valence electrons. The van der Waals surface area contributed by atoms with E-state index in [9.17, 15) is 9.59 Å². The first-order valence-corrected chi connectivity index (χ1v) is 13.9. The zero-order valence-electron chi connectivity index (χ0n) is 22.9. The van der Waals surface area contributed by atoms with Crippen molar-refractivity contribution >= 4 is 23.6 Å². The van der Waals surface area contributed by atoms with E-state index in [1.54, 1.807) is 0 Å². The van der Waals surface area contributed by atoms with Gasteiger partial charge in [-0.1, -0.05) is 79.3 Å². The third-order valence-electron chi connectivity index (χ3n) is 7.05. The maximum absolute atomic E-state index is 12.5. The highest BCUT2D eigenvalue weighted by Crippen LogP contribution is 2.30. The van der Waals surface area contributed by atoms with Crippen molar-refractivity contribution in [2.45, 2.75) is 51.9 Å². The maximum Gasteiger partial charge on any atom is 0.445 e. The van der Waals surface area contributed by atoms with Gasteiger partial charge in [0.2, 0.25) is 0 Å². The first-order valence-electron chi connectivity index (χ1n) is 13.9. The van der Waals surface area contributed by atoms with E-state index >= 15 is 0 Å². The molecule has 2 heterocycles. The lowest BCUT2D eigenvalue weighted by molar-refractivity contribution is 0.151. The molecule has 2 aromatic heterocycles. The van der Waals surface area contributed by atoms with Gasteiger partial charge < -0.3 is 0 Å². The normalized spacial score (nSPS) is 14.6. The zero-order valence-corrected chi connectivity index (χ0v) is 22.9. The van der Waals surface area contributed by atoms with Gasteiger partial charge in [-0.3, -0.25) is 9.68 Å². The van der Waals surface area contributed by atoms with Crippen LogP contribution in [0.5, 0.6) is 0 Å². The Labute approximate surface area is 238 Å². The van der Waals surface area contributed by atoms with Crippen LogP contribution in [0.1, 0.15) is 63.0 Å². The van der Waals surface area contributed by atoms with E-state index < -0.39 is 12.2 Å². The van der Waals surface area contributed by atoms with Gasteiger partial charge in [0.05, 0.1) is 11.4 Å². The minimum atomic E-state index is -0.622. The van der Waals surface area contributed by atoms with E-state index in [0.29, 0.717) is 12.1 Å². The molecule has 10 nitrogen and oxygen atoms in total. The molecule has 1 aliphatic carbocycles. The molecular formula is C31H32N6O4. The van der Waals surface area contributed by atoms with E-state index in [-0.39, 0.29) is 5.92 Å². The van der Waals surface area contributed by atoms with Crippen LogP contribution in [0, 0.1) is 5.92 Å². The van der Waals surface area contributed by atoms with E-state index in [1.165, 1.54) is 53.0 Å². The van der Waals surface area contributed by atoms with Crippen molar-refractivity contribution < 1.29 is 19.3 Å². The van der Waals surface area contributed by atoms with E-state index in [4.69, 9.17) is 9.68 Å². The molecule has 0 bridgehead atoms. The minimum Gasteiger partial charge on any atom is -0.297 e. The molecule has 10 heteroatoms. The average Bonchev–Trinajstić information content (AvgIpc) is 3.76. The number of imidazole rings is 2. The van der Waals surface area contributed by atoms with Gasteiger partial charge >= 0.3 is 12.2 Å². The van der Waals surface area contributed by atoms with Crippen molar-refractivity contribution in [1.29, 1.82) is 0 Å². The summed E-state index contributed by atoms with van der Waals surface area (Å²) < 4.78 is 2.49. The van der Waals surface area contributed by atoms with Crippen LogP contribution < -0.4 is 0 Å². The first-order chi connectivity index (χ1) is 20.1. The van der Waals surface area contributed by atoms with Crippen molar-refractivity contribution in [3.63, 3.8) is 0 Å². The van der Waals surface area contributed by atoms with E-state index in [0.717, 1.165) is 60.1 Å². The quantitative estimate of drug-likeness (QED) is 0.133. The fourth-order valence-corrected chi connectivity index (χ4v) is 4.97. The van der Waals surface area contributed by atoms with Crippen LogP contribution in [0.3, 0.4) is 0 Å². The van der Waals surface area contributed by atoms with Crippen LogP contribution in [0.25, 0.3) is 11.1 Å². The summed E-state index contributed by atoms with van der Waals surface area (Å²) in [5.41, 5.74) is 5.19. The molecule has 41 heavy (non-hydrogen) atoms. The summed E-state index contributed by atoms with van der Waals surface area (Å²) >= 11 is 0. The molecule has 0 amide bonds. The molecule has 5 rings (SSSR count). The first kappa shape index (κ1) is 27.7. The van der Waals surface area contributed by atoms with Crippen molar-refractivity contribution in [3.8, 4) is 11.1 Å². The summed E-state index contributed by atoms with van der Waals surface area (Å²) in [6.45, 7) is 2.05. The molecule has 0 spiro atoms. The summed E-state index contributed by atoms with van der Waals surface area (Å²) in [5, 5.41) is 8.57. The molecule has 0 radical (unpaired) electrons. The second kappa shape index (κ2) is 13.5. The highest BCUT2D eigenvalue weighted by Gasteiger charge is 2.23. The fourth-order valence-electron chi connectivity index (χ4n) is 4.97. The summed E-state index contributed by atoms with van der Waals surface area (Å²) in [7, 11) is 0. The third kappa shape index (κ3) is 7.02. The Morgan fingerprint density at radius 2 is 1.41 bits per heavy atom. The number of benzene rings is 2. The number of carbonyl (C=O) groups excluding carboxylic acids is 2. The lowest BCUT2D eigenvalue weighted by atomic mass is 9.83. The highest BCUT2D eigenvalue weighted by molar-refractivity contribution is 6.04. The van der Waals surface area contributed by atoms with Gasteiger partial charge in [-0.05, 0) is 48.1 Å². The largest absolute Gasteiger partial charge is 0.445 e. The van der Waals surface area contributed by atoms with Gasteiger partial charge in [-0.25, -0.2) is 28.7 Å². The lowest BCUT2D eigenvalue weighted by Gasteiger charge is -2.23. The summed E-state index contributed by atoms with van der Waals surface area (Å²) in [5.74, 6) is 0.203. The molecule has 0 aliphatic heterocycles. The number of hydrogen-bond donors (Lipinski definition) is 0. The minimum absolute atomic E-state index is 0.203. The zero-order chi connectivity index (χ0) is 28.4. The Hall–Kier alpha value is -4.86. The van der Waals surface area contributed by atoms with Crippen molar-refractivity contribution in [3.05, 3.63) is 97.1 Å². The van der Waals surface area contributed by atoms with Gasteiger partial charge in [0, 0.05) is 36.3 Å². The molecule has 2 aromatic carbocycles. The second-order valence-electron chi connectivity index (χ2n) is 9.92. The predicted molar refractivity (Wildman–Crippen MR) is 155 cm³/mol. The average molecular weight is 553 g/mol. The fraction of sp³-hybridized carbons (Fsp3) is 0.290. The molecule has 1 aliphatic rings. The SMILES string of the molecule is CCC/C(=N\OC(=O)n1ccnc1)c1cccc(-c2cccc(/C(=N/OC(=O)n3ccnc3)C3CCCCC3)c2)c1. The second-order valence-corrected chi connectivity index (χ2v) is 9.92. The Morgan fingerprint density at radius 1 is 0.829 bits per heavy atom. The van der Waals surface area contributed by atoms with Gasteiger partial charge in [-0.15, -0.1) is 0 Å². The number of oxime groups is 2. The van der Waals surface area contributed by atoms with Crippen LogP contribution in [-0.2, 0) is 9.68 Å². The molecule has 0 saturated heterocycles. The lowest BCUT2D eigenvalue weighted by Crippen LogP contribution is -2.21. The van der Waals surface area contributed by atoms with Gasteiger partial charge in [0.15, 0.2) is 0 Å². The van der Waals surface area contributed by atoms with Crippen molar-refractivity contribution in [2.75, 3.05) is 0 Å². The molecule has 1 fully saturated rings. The Kier molecular flexibility index (Phi) is 9.10. The molecular weight excluding hydrogens is 520 g/mol. The standard InChI is InChI=1S/C31H32N6O4/c1-2-8-28(34-40-30(38)36-17-15-32-21-36)26-13-6-11-24(19-26)25-12-7-14-27(20-25)29(23-9-4-3-5-10-23)35-41-31(39)37-18-16-33-22-37/h6-7,11-23H,2-5,8-10H2,1H3/b34-28+,35-29+. The Morgan fingerprint density at radius 3 is 2.00 bits per heavy atom. The van der Waals surface area contributed by atoms with Gasteiger partial charge in [0.25, 0.3) is 0 Å². The number of aromatic nitrogens is 4. The van der Waals surface area contributed by atoms with Crippen molar-refractivity contribution in [2.24, 2.45) is 16.2 Å². The third-order valence-corrected chi connectivity index (χ3v) is 7.05. The maximum atomic E-state index is 12.5. The highest BCUT2D eigenvalue weighted by atomic mass is 16.7. The molecule has 1 saturated carbocycles. The summed E-state index contributed by atoms with van der Waals surface area (Å²) in [4.78, 5) is 43.1. The Bertz CT molecular complexity index is 1520. The topological polar surface area (TPSA) is 113 Å². The number of hydrogen-bond acceptors (Lipinski definition) is 8. The van der Waals surface area contributed by atoms with E-state index in [1.807, 2.05) is 49.4 Å². The summed E-state index contributed by atoms with van der Waals surface area (Å²) in [6, 6.07) is 16.1. The number of rotatable bonds is 8. The molecule has 0 N–H and O–H groups in total. The van der Waals surface area contributed by atoms with Crippen LogP contribution in [0.2, 0.25) is 0 Å². The summed E-state index contributed by atoms with van der Waals surface area (Å²) in [6.07, 6.45) is 14.5. The molecule has 0 unspecified atom stereocenters. The van der Waals surface area contributed by atoms with Gasteiger partial charge in [0.1, 0.15) is 12.7 Å². The number of carbonyl (C=O) groups is 2.